The molecule has 1 N–H and O–H groups in total. The van der Waals surface area contributed by atoms with Gasteiger partial charge in [0.2, 0.25) is 11.8 Å². The van der Waals surface area contributed by atoms with Gasteiger partial charge in [0.05, 0.1) is 12.8 Å². The molecule has 2 amide bonds. The van der Waals surface area contributed by atoms with Gasteiger partial charge < -0.3 is 15.0 Å². The monoisotopic (exact) mass is 584 g/mol. The summed E-state index contributed by atoms with van der Waals surface area (Å²) in [5.41, 5.74) is 1.63. The number of amides is 2. The maximum absolute atomic E-state index is 14.2. The van der Waals surface area contributed by atoms with Crippen molar-refractivity contribution in [2.45, 2.75) is 38.9 Å². The zero-order valence-corrected chi connectivity index (χ0v) is 24.8. The van der Waals surface area contributed by atoms with Gasteiger partial charge in [-0.05, 0) is 61.4 Å². The molecule has 11 heteroatoms. The van der Waals surface area contributed by atoms with Crippen LogP contribution < -0.4 is 14.4 Å². The number of benzene rings is 3. The van der Waals surface area contributed by atoms with E-state index in [4.69, 9.17) is 4.74 Å². The number of ether oxygens (including phenoxy) is 1. The minimum Gasteiger partial charge on any atom is -0.497 e. The Kier molecular flexibility index (Phi) is 10.8. The fourth-order valence-corrected chi connectivity index (χ4v) is 5.28. The molecule has 3 aromatic carbocycles. The van der Waals surface area contributed by atoms with Gasteiger partial charge in [-0.15, -0.1) is 0 Å². The molecule has 1 atom stereocenters. The maximum Gasteiger partial charge on any atom is 0.304 e. The van der Waals surface area contributed by atoms with Gasteiger partial charge in [0.15, 0.2) is 0 Å². The summed E-state index contributed by atoms with van der Waals surface area (Å²) < 4.78 is 47.6. The van der Waals surface area contributed by atoms with Crippen molar-refractivity contribution in [3.05, 3.63) is 95.8 Å². The lowest BCUT2D eigenvalue weighted by atomic mass is 10.0. The number of nitrogens with one attached hydrogen (secondary N) is 1. The molecule has 0 saturated carbocycles. The van der Waals surface area contributed by atoms with E-state index in [1.165, 1.54) is 38.2 Å². The highest BCUT2D eigenvalue weighted by Crippen LogP contribution is 2.23. The van der Waals surface area contributed by atoms with Crippen molar-refractivity contribution in [1.29, 1.82) is 0 Å². The molecule has 0 radical (unpaired) electrons. The normalized spacial score (nSPS) is 12.2. The van der Waals surface area contributed by atoms with E-state index in [9.17, 15) is 22.4 Å². The second-order valence-corrected chi connectivity index (χ2v) is 12.1. The molecular formula is C30H37FN4O5S. The lowest BCUT2D eigenvalue weighted by Gasteiger charge is -2.34. The summed E-state index contributed by atoms with van der Waals surface area (Å²) in [6.45, 7) is 3.05. The van der Waals surface area contributed by atoms with Gasteiger partial charge in [0, 0.05) is 33.1 Å². The zero-order valence-electron chi connectivity index (χ0n) is 24.0. The van der Waals surface area contributed by atoms with Crippen LogP contribution in [-0.4, -0.2) is 69.3 Å². The molecule has 0 fully saturated rings. The lowest BCUT2D eigenvalue weighted by molar-refractivity contribution is -0.140. The van der Waals surface area contributed by atoms with Crippen LogP contribution in [-0.2, 0) is 32.8 Å². The summed E-state index contributed by atoms with van der Waals surface area (Å²) in [4.78, 5) is 29.2. The van der Waals surface area contributed by atoms with Crippen LogP contribution in [0.15, 0.2) is 78.9 Å². The number of rotatable bonds is 13. The van der Waals surface area contributed by atoms with Crippen molar-refractivity contribution in [1.82, 2.24) is 14.5 Å². The standard InChI is InChI=1S/C30H37FN4O5S/c1-22(2)32-30(37)28(19-23-10-7-6-8-11-23)34(20-24-12-9-13-27(18-24)40-5)29(36)21-35(41(38,39)33(3)4)26-16-14-25(31)15-17-26/h6-18,22,28H,19-21H2,1-5H3,(H,32,37)/t28-/m1/s1. The van der Waals surface area contributed by atoms with Gasteiger partial charge in [-0.25, -0.2) is 8.70 Å². The van der Waals surface area contributed by atoms with E-state index < -0.39 is 34.5 Å². The largest absolute Gasteiger partial charge is 0.497 e. The molecule has 0 aliphatic heterocycles. The molecule has 3 aromatic rings. The van der Waals surface area contributed by atoms with Gasteiger partial charge in [-0.1, -0.05) is 42.5 Å². The highest BCUT2D eigenvalue weighted by molar-refractivity contribution is 7.90. The van der Waals surface area contributed by atoms with Gasteiger partial charge >= 0.3 is 10.2 Å². The molecule has 220 valence electrons. The Labute approximate surface area is 241 Å². The van der Waals surface area contributed by atoms with Gasteiger partial charge in [-0.2, -0.15) is 12.7 Å². The Hall–Kier alpha value is -3.96. The van der Waals surface area contributed by atoms with Crippen molar-refractivity contribution in [2.24, 2.45) is 0 Å². The van der Waals surface area contributed by atoms with Gasteiger partial charge in [-0.3, -0.25) is 9.59 Å². The quantitative estimate of drug-likeness (QED) is 0.331. The van der Waals surface area contributed by atoms with E-state index in [1.807, 2.05) is 44.2 Å². The lowest BCUT2D eigenvalue weighted by Crippen LogP contribution is -2.55. The van der Waals surface area contributed by atoms with E-state index in [2.05, 4.69) is 5.32 Å². The highest BCUT2D eigenvalue weighted by atomic mass is 32.2. The number of methoxy groups -OCH3 is 1. The van der Waals surface area contributed by atoms with E-state index in [0.717, 1.165) is 26.3 Å². The fourth-order valence-electron chi connectivity index (χ4n) is 4.23. The van der Waals surface area contributed by atoms with E-state index in [-0.39, 0.29) is 30.6 Å². The van der Waals surface area contributed by atoms with Crippen molar-refractivity contribution in [3.8, 4) is 5.75 Å². The van der Waals surface area contributed by atoms with Gasteiger partial charge in [0.1, 0.15) is 24.2 Å². The van der Waals surface area contributed by atoms with Crippen LogP contribution in [0.2, 0.25) is 0 Å². The number of carbonyl (C=O) groups excluding carboxylic acids is 2. The number of anilines is 1. The topological polar surface area (TPSA) is 99.3 Å². The summed E-state index contributed by atoms with van der Waals surface area (Å²) in [6, 6.07) is 20.1. The average Bonchev–Trinajstić information content (AvgIpc) is 2.94. The smallest absolute Gasteiger partial charge is 0.304 e. The predicted molar refractivity (Wildman–Crippen MR) is 157 cm³/mol. The summed E-state index contributed by atoms with van der Waals surface area (Å²) in [6.07, 6.45) is 0.200. The van der Waals surface area contributed by atoms with Crippen molar-refractivity contribution >= 4 is 27.7 Å². The number of nitrogens with zero attached hydrogens (tertiary/aromatic N) is 3. The summed E-state index contributed by atoms with van der Waals surface area (Å²) in [5, 5.41) is 2.91. The van der Waals surface area contributed by atoms with Crippen LogP contribution in [0.4, 0.5) is 10.1 Å². The number of hydrogen-bond donors (Lipinski definition) is 1. The molecule has 0 saturated heterocycles. The number of halogens is 1. The molecular weight excluding hydrogens is 547 g/mol. The van der Waals surface area contributed by atoms with E-state index >= 15 is 0 Å². The Morgan fingerprint density at radius 1 is 0.927 bits per heavy atom. The van der Waals surface area contributed by atoms with Crippen LogP contribution >= 0.6 is 0 Å². The first-order valence-corrected chi connectivity index (χ1v) is 14.5. The van der Waals surface area contributed by atoms with E-state index in [1.54, 1.807) is 24.3 Å². The summed E-state index contributed by atoms with van der Waals surface area (Å²) in [5.74, 6) is -0.953. The molecule has 0 aliphatic carbocycles. The first-order chi connectivity index (χ1) is 19.4. The van der Waals surface area contributed by atoms with Crippen LogP contribution in [0, 0.1) is 5.82 Å². The predicted octanol–water partition coefficient (Wildman–Crippen LogP) is 3.61. The molecule has 0 spiro atoms. The third-order valence-corrected chi connectivity index (χ3v) is 8.14. The molecule has 9 nitrogen and oxygen atoms in total. The fraction of sp³-hybridized carbons (Fsp3) is 0.333. The Morgan fingerprint density at radius 3 is 2.15 bits per heavy atom. The van der Waals surface area contributed by atoms with Crippen molar-refractivity contribution < 1.29 is 27.1 Å². The molecule has 0 aromatic heterocycles. The van der Waals surface area contributed by atoms with Crippen LogP contribution in [0.5, 0.6) is 5.75 Å². The first-order valence-electron chi connectivity index (χ1n) is 13.1. The third-order valence-electron chi connectivity index (χ3n) is 6.32. The maximum atomic E-state index is 14.2. The minimum atomic E-state index is -4.16. The SMILES string of the molecule is COc1cccc(CN(C(=O)CN(c2ccc(F)cc2)S(=O)(=O)N(C)C)[C@H](Cc2ccccc2)C(=O)NC(C)C)c1. The van der Waals surface area contributed by atoms with Crippen LogP contribution in [0.1, 0.15) is 25.0 Å². The molecule has 0 aliphatic rings. The van der Waals surface area contributed by atoms with Crippen molar-refractivity contribution in [3.63, 3.8) is 0 Å². The summed E-state index contributed by atoms with van der Waals surface area (Å²) >= 11 is 0. The van der Waals surface area contributed by atoms with Gasteiger partial charge in [0.25, 0.3) is 0 Å². The second-order valence-electron chi connectivity index (χ2n) is 10.0. The third kappa shape index (κ3) is 8.51. The molecule has 0 heterocycles. The van der Waals surface area contributed by atoms with Crippen molar-refractivity contribution in [2.75, 3.05) is 32.1 Å². The second kappa shape index (κ2) is 14.1. The van der Waals surface area contributed by atoms with Crippen LogP contribution in [0.25, 0.3) is 0 Å². The zero-order chi connectivity index (χ0) is 30.2. The number of carbonyl (C=O) groups is 2. The first kappa shape index (κ1) is 31.6. The molecule has 0 unspecified atom stereocenters. The highest BCUT2D eigenvalue weighted by Gasteiger charge is 2.35. The Balaban J connectivity index is 2.10. The molecule has 41 heavy (non-hydrogen) atoms. The molecule has 0 bridgehead atoms. The van der Waals surface area contributed by atoms with E-state index in [0.29, 0.717) is 11.3 Å². The summed E-state index contributed by atoms with van der Waals surface area (Å²) in [7, 11) is 0.0578. The Bertz CT molecular complexity index is 1420. The van der Waals surface area contributed by atoms with Crippen LogP contribution in [0.3, 0.4) is 0 Å². The average molecular weight is 585 g/mol. The molecule has 3 rings (SSSR count). The minimum absolute atomic E-state index is 0.0122. The Morgan fingerprint density at radius 2 is 1.56 bits per heavy atom. The number of hydrogen-bond acceptors (Lipinski definition) is 5.